The molecule has 0 radical (unpaired) electrons. The number of rotatable bonds is 3. The van der Waals surface area contributed by atoms with Gasteiger partial charge in [-0.05, 0) is 40.4 Å². The Kier molecular flexibility index (Phi) is 3.30. The first-order chi connectivity index (χ1) is 7.65. The summed E-state index contributed by atoms with van der Waals surface area (Å²) in [4.78, 5) is 0. The van der Waals surface area contributed by atoms with E-state index in [0.717, 1.165) is 17.6 Å². The van der Waals surface area contributed by atoms with Crippen molar-refractivity contribution in [1.29, 1.82) is 0 Å². The summed E-state index contributed by atoms with van der Waals surface area (Å²) in [5, 5.41) is 5.57. The molecule has 0 aliphatic heterocycles. The summed E-state index contributed by atoms with van der Waals surface area (Å²) in [6, 6.07) is 6.33. The Morgan fingerprint density at radius 1 is 1.50 bits per heavy atom. The van der Waals surface area contributed by atoms with Crippen molar-refractivity contribution >= 4 is 26.8 Å². The summed E-state index contributed by atoms with van der Waals surface area (Å²) in [5.41, 5.74) is 8.15. The molecular formula is C12H16BrN3. The van der Waals surface area contributed by atoms with Gasteiger partial charge in [0.05, 0.1) is 5.52 Å². The van der Waals surface area contributed by atoms with E-state index < -0.39 is 0 Å². The third-order valence-electron chi connectivity index (χ3n) is 2.98. The maximum atomic E-state index is 5.62. The molecule has 0 bridgehead atoms. The lowest BCUT2D eigenvalue weighted by Gasteiger charge is -2.12. The van der Waals surface area contributed by atoms with Crippen molar-refractivity contribution in [3.05, 3.63) is 28.4 Å². The summed E-state index contributed by atoms with van der Waals surface area (Å²) >= 11 is 3.48. The summed E-state index contributed by atoms with van der Waals surface area (Å²) < 4.78 is 2.84. The van der Waals surface area contributed by atoms with Crippen molar-refractivity contribution in [3.8, 4) is 0 Å². The summed E-state index contributed by atoms with van der Waals surface area (Å²) in [7, 11) is 1.98. The largest absolute Gasteiger partial charge is 0.330 e. The fraction of sp³-hybridized carbons (Fsp3) is 0.417. The average Bonchev–Trinajstić information content (AvgIpc) is 2.55. The first kappa shape index (κ1) is 11.6. The van der Waals surface area contributed by atoms with Gasteiger partial charge in [-0.25, -0.2) is 0 Å². The third kappa shape index (κ3) is 1.87. The molecule has 1 aromatic heterocycles. The monoisotopic (exact) mass is 281 g/mol. The van der Waals surface area contributed by atoms with Crippen LogP contribution >= 0.6 is 15.9 Å². The fourth-order valence-corrected chi connectivity index (χ4v) is 2.69. The lowest BCUT2D eigenvalue weighted by Crippen LogP contribution is -2.06. The molecule has 0 aliphatic carbocycles. The van der Waals surface area contributed by atoms with Crippen LogP contribution in [0.2, 0.25) is 0 Å². The van der Waals surface area contributed by atoms with E-state index in [2.05, 4.69) is 46.2 Å². The second-order valence-electron chi connectivity index (χ2n) is 4.14. The molecule has 1 aromatic carbocycles. The minimum atomic E-state index is 0.469. The Hall–Kier alpha value is -0.870. The third-order valence-corrected chi connectivity index (χ3v) is 3.57. The van der Waals surface area contributed by atoms with Crippen LogP contribution in [0.5, 0.6) is 0 Å². The smallest absolute Gasteiger partial charge is 0.135 e. The highest BCUT2D eigenvalue weighted by Gasteiger charge is 2.14. The number of hydrogen-bond donors (Lipinski definition) is 1. The first-order valence-corrected chi connectivity index (χ1v) is 6.25. The van der Waals surface area contributed by atoms with Gasteiger partial charge in [0.15, 0.2) is 0 Å². The van der Waals surface area contributed by atoms with Crippen LogP contribution < -0.4 is 5.73 Å². The van der Waals surface area contributed by atoms with Gasteiger partial charge in [-0.1, -0.05) is 25.1 Å². The molecule has 1 unspecified atom stereocenters. The summed E-state index contributed by atoms with van der Waals surface area (Å²) in [6.07, 6.45) is 1.00. The first-order valence-electron chi connectivity index (χ1n) is 5.46. The maximum absolute atomic E-state index is 5.62. The van der Waals surface area contributed by atoms with E-state index >= 15 is 0 Å². The van der Waals surface area contributed by atoms with Gasteiger partial charge in [0.2, 0.25) is 0 Å². The van der Waals surface area contributed by atoms with Gasteiger partial charge in [-0.15, -0.1) is 0 Å². The number of aryl methyl sites for hydroxylation is 1. The van der Waals surface area contributed by atoms with Crippen LogP contribution in [0.15, 0.2) is 22.8 Å². The van der Waals surface area contributed by atoms with Gasteiger partial charge >= 0.3 is 0 Å². The van der Waals surface area contributed by atoms with Crippen molar-refractivity contribution in [2.45, 2.75) is 19.3 Å². The number of para-hydroxylation sites is 1. The zero-order valence-corrected chi connectivity index (χ0v) is 11.2. The zero-order valence-electron chi connectivity index (χ0n) is 9.57. The van der Waals surface area contributed by atoms with E-state index in [1.807, 2.05) is 11.7 Å². The molecule has 2 rings (SSSR count). The van der Waals surface area contributed by atoms with E-state index in [1.54, 1.807) is 0 Å². The average molecular weight is 282 g/mol. The highest BCUT2D eigenvalue weighted by molar-refractivity contribution is 9.10. The molecule has 4 heteroatoms. The van der Waals surface area contributed by atoms with Gasteiger partial charge in [-0.2, -0.15) is 5.10 Å². The van der Waals surface area contributed by atoms with Crippen LogP contribution in [-0.2, 0) is 7.05 Å². The van der Waals surface area contributed by atoms with Crippen LogP contribution in [0.4, 0.5) is 0 Å². The number of aromatic nitrogens is 2. The molecular weight excluding hydrogens is 266 g/mol. The van der Waals surface area contributed by atoms with Gasteiger partial charge in [-0.3, -0.25) is 4.68 Å². The molecule has 16 heavy (non-hydrogen) atoms. The van der Waals surface area contributed by atoms with E-state index in [0.29, 0.717) is 5.92 Å². The Morgan fingerprint density at radius 3 is 2.94 bits per heavy atom. The second-order valence-corrected chi connectivity index (χ2v) is 4.89. The predicted molar refractivity (Wildman–Crippen MR) is 70.5 cm³/mol. The lowest BCUT2D eigenvalue weighted by molar-refractivity contribution is 0.686. The van der Waals surface area contributed by atoms with Gasteiger partial charge in [0.25, 0.3) is 0 Å². The molecule has 3 nitrogen and oxygen atoms in total. The molecule has 0 amide bonds. The van der Waals surface area contributed by atoms with Crippen molar-refractivity contribution in [3.63, 3.8) is 0 Å². The standard InChI is InChI=1S/C12H16BrN3/c1-8(6-7-14)9-4-3-5-10-11(9)16(2)15-12(10)13/h3-5,8H,6-7,14H2,1-2H3. The number of benzene rings is 1. The molecule has 1 heterocycles. The molecule has 0 saturated carbocycles. The summed E-state index contributed by atoms with van der Waals surface area (Å²) in [6.45, 7) is 2.93. The van der Waals surface area contributed by atoms with Crippen LogP contribution in [0, 0.1) is 0 Å². The normalized spacial score (nSPS) is 13.2. The lowest BCUT2D eigenvalue weighted by atomic mass is 9.96. The summed E-state index contributed by atoms with van der Waals surface area (Å²) in [5.74, 6) is 0.469. The molecule has 0 aliphatic rings. The number of fused-ring (bicyclic) bond motifs is 1. The van der Waals surface area contributed by atoms with E-state index in [9.17, 15) is 0 Å². The van der Waals surface area contributed by atoms with E-state index in [4.69, 9.17) is 5.73 Å². The van der Waals surface area contributed by atoms with Crippen molar-refractivity contribution in [2.24, 2.45) is 12.8 Å². The predicted octanol–water partition coefficient (Wildman–Crippen LogP) is 2.79. The zero-order chi connectivity index (χ0) is 11.7. The van der Waals surface area contributed by atoms with Gasteiger partial charge in [0, 0.05) is 12.4 Å². The number of nitrogens with zero attached hydrogens (tertiary/aromatic N) is 2. The highest BCUT2D eigenvalue weighted by atomic mass is 79.9. The van der Waals surface area contributed by atoms with Crippen LogP contribution in [0.3, 0.4) is 0 Å². The highest BCUT2D eigenvalue weighted by Crippen LogP contribution is 2.30. The molecule has 2 N–H and O–H groups in total. The molecule has 1 atom stereocenters. The second kappa shape index (κ2) is 4.55. The molecule has 0 saturated heterocycles. The van der Waals surface area contributed by atoms with E-state index in [1.165, 1.54) is 16.5 Å². The van der Waals surface area contributed by atoms with Crippen molar-refractivity contribution < 1.29 is 0 Å². The topological polar surface area (TPSA) is 43.8 Å². The number of nitrogens with two attached hydrogens (primary N) is 1. The number of halogens is 1. The van der Waals surface area contributed by atoms with E-state index in [-0.39, 0.29) is 0 Å². The minimum absolute atomic E-state index is 0.469. The fourth-order valence-electron chi connectivity index (χ4n) is 2.13. The Labute approximate surface area is 104 Å². The molecule has 0 spiro atoms. The molecule has 2 aromatic rings. The molecule has 86 valence electrons. The minimum Gasteiger partial charge on any atom is -0.330 e. The quantitative estimate of drug-likeness (QED) is 0.940. The van der Waals surface area contributed by atoms with Gasteiger partial charge in [0.1, 0.15) is 4.60 Å². The Balaban J connectivity index is 2.61. The van der Waals surface area contributed by atoms with Crippen LogP contribution in [0.25, 0.3) is 10.9 Å². The van der Waals surface area contributed by atoms with Crippen LogP contribution in [-0.4, -0.2) is 16.3 Å². The van der Waals surface area contributed by atoms with Gasteiger partial charge < -0.3 is 5.73 Å². The Morgan fingerprint density at radius 2 is 2.25 bits per heavy atom. The SMILES string of the molecule is CC(CCN)c1cccc2c(Br)nn(C)c12. The maximum Gasteiger partial charge on any atom is 0.135 e. The molecule has 0 fully saturated rings. The van der Waals surface area contributed by atoms with Crippen molar-refractivity contribution in [1.82, 2.24) is 9.78 Å². The van der Waals surface area contributed by atoms with Crippen molar-refractivity contribution in [2.75, 3.05) is 6.54 Å². The van der Waals surface area contributed by atoms with Crippen LogP contribution in [0.1, 0.15) is 24.8 Å². The number of hydrogen-bond acceptors (Lipinski definition) is 2. The Bertz CT molecular complexity index is 504.